The normalized spacial score (nSPS) is 10.1. The molecule has 16 heavy (non-hydrogen) atoms. The molecule has 0 aliphatic heterocycles. The quantitative estimate of drug-likeness (QED) is 0.784. The number of carbonyl (C=O) groups excluding carboxylic acids is 1. The first kappa shape index (κ1) is 10.4. The first-order chi connectivity index (χ1) is 7.79. The molecule has 0 saturated heterocycles. The van der Waals surface area contributed by atoms with Crippen LogP contribution in [0.4, 0.5) is 0 Å². The first-order valence-corrected chi connectivity index (χ1v) is 4.80. The number of H-pyrrole nitrogens is 1. The molecule has 0 saturated carbocycles. The summed E-state index contributed by atoms with van der Waals surface area (Å²) in [4.78, 5) is 22.1. The Morgan fingerprint density at radius 3 is 2.88 bits per heavy atom. The smallest absolute Gasteiger partial charge is 0.356 e. The van der Waals surface area contributed by atoms with Gasteiger partial charge < -0.3 is 9.72 Å². The average molecular weight is 217 g/mol. The summed E-state index contributed by atoms with van der Waals surface area (Å²) in [5, 5.41) is 0. The van der Waals surface area contributed by atoms with Crippen molar-refractivity contribution in [2.45, 2.75) is 6.42 Å². The molecule has 2 aromatic heterocycles. The minimum Gasteiger partial charge on any atom is -0.464 e. The maximum Gasteiger partial charge on any atom is 0.356 e. The number of aromatic amines is 1. The first-order valence-electron chi connectivity index (χ1n) is 4.80. The summed E-state index contributed by atoms with van der Waals surface area (Å²) in [7, 11) is 1.34. The van der Waals surface area contributed by atoms with Gasteiger partial charge in [-0.15, -0.1) is 0 Å². The van der Waals surface area contributed by atoms with Gasteiger partial charge in [0.25, 0.3) is 0 Å². The molecule has 5 nitrogen and oxygen atoms in total. The second-order valence-corrected chi connectivity index (χ2v) is 3.27. The molecule has 0 bridgehead atoms. The number of imidazole rings is 1. The zero-order chi connectivity index (χ0) is 11.4. The predicted octanol–water partition coefficient (Wildman–Crippen LogP) is 1.18. The lowest BCUT2D eigenvalue weighted by molar-refractivity contribution is 0.0594. The van der Waals surface area contributed by atoms with Crippen LogP contribution in [0.25, 0.3) is 0 Å². The Hall–Kier alpha value is -2.17. The number of hydrogen-bond donors (Lipinski definition) is 1. The number of nitrogens with zero attached hydrogens (tertiary/aromatic N) is 2. The fraction of sp³-hybridized carbons (Fsp3) is 0.182. The standard InChI is InChI=1S/C11H11N3O2/c1-16-11(15)9-7-13-10(14-9)6-8-2-4-12-5-3-8/h2-5,7H,6H2,1H3,(H,13,14). The molecule has 2 aromatic rings. The molecule has 0 amide bonds. The van der Waals surface area contributed by atoms with Crippen molar-refractivity contribution in [3.05, 3.63) is 47.8 Å². The van der Waals surface area contributed by atoms with E-state index in [0.29, 0.717) is 12.1 Å². The molecule has 0 unspecified atom stereocenters. The lowest BCUT2D eigenvalue weighted by Crippen LogP contribution is -2.01. The molecular weight excluding hydrogens is 206 g/mol. The number of methoxy groups -OCH3 is 1. The molecule has 1 N–H and O–H groups in total. The fourth-order valence-corrected chi connectivity index (χ4v) is 1.36. The van der Waals surface area contributed by atoms with Crippen LogP contribution >= 0.6 is 0 Å². The van der Waals surface area contributed by atoms with E-state index in [2.05, 4.69) is 19.7 Å². The van der Waals surface area contributed by atoms with E-state index in [1.807, 2.05) is 12.1 Å². The summed E-state index contributed by atoms with van der Waals surface area (Å²) in [5.41, 5.74) is 1.45. The van der Waals surface area contributed by atoms with Crippen molar-refractivity contribution in [2.24, 2.45) is 0 Å². The molecule has 0 fully saturated rings. The second-order valence-electron chi connectivity index (χ2n) is 3.27. The van der Waals surface area contributed by atoms with E-state index in [1.54, 1.807) is 12.4 Å². The Balaban J connectivity index is 2.12. The van der Waals surface area contributed by atoms with E-state index in [9.17, 15) is 4.79 Å². The van der Waals surface area contributed by atoms with E-state index < -0.39 is 5.97 Å². The highest BCUT2D eigenvalue weighted by Gasteiger charge is 2.09. The minimum atomic E-state index is -0.409. The van der Waals surface area contributed by atoms with E-state index in [1.165, 1.54) is 13.3 Å². The lowest BCUT2D eigenvalue weighted by Gasteiger charge is -1.96. The number of rotatable bonds is 3. The molecule has 2 rings (SSSR count). The van der Waals surface area contributed by atoms with Crippen molar-refractivity contribution >= 4 is 5.97 Å². The Morgan fingerprint density at radius 1 is 1.44 bits per heavy atom. The van der Waals surface area contributed by atoms with Gasteiger partial charge >= 0.3 is 5.97 Å². The SMILES string of the molecule is COC(=O)c1cnc(Cc2ccncc2)[nH]1. The zero-order valence-corrected chi connectivity index (χ0v) is 8.80. The topological polar surface area (TPSA) is 67.9 Å². The molecular formula is C11H11N3O2. The summed E-state index contributed by atoms with van der Waals surface area (Å²) in [6.45, 7) is 0. The highest BCUT2D eigenvalue weighted by molar-refractivity contribution is 5.86. The fourth-order valence-electron chi connectivity index (χ4n) is 1.36. The summed E-state index contributed by atoms with van der Waals surface area (Å²) in [6, 6.07) is 3.81. The van der Waals surface area contributed by atoms with Gasteiger partial charge in [-0.05, 0) is 17.7 Å². The molecule has 2 heterocycles. The molecule has 0 aromatic carbocycles. The van der Waals surface area contributed by atoms with Crippen molar-refractivity contribution in [3.8, 4) is 0 Å². The molecule has 82 valence electrons. The van der Waals surface area contributed by atoms with Crippen molar-refractivity contribution in [3.63, 3.8) is 0 Å². The average Bonchev–Trinajstić information content (AvgIpc) is 2.78. The zero-order valence-electron chi connectivity index (χ0n) is 8.80. The number of nitrogens with one attached hydrogen (secondary N) is 1. The molecule has 0 atom stereocenters. The van der Waals surface area contributed by atoms with Gasteiger partial charge in [0.15, 0.2) is 0 Å². The highest BCUT2D eigenvalue weighted by Crippen LogP contribution is 2.06. The van der Waals surface area contributed by atoms with Crippen LogP contribution in [0.2, 0.25) is 0 Å². The van der Waals surface area contributed by atoms with Crippen LogP contribution in [0.5, 0.6) is 0 Å². The summed E-state index contributed by atoms with van der Waals surface area (Å²) in [5.74, 6) is 0.320. The number of carbonyl (C=O) groups is 1. The number of hydrogen-bond acceptors (Lipinski definition) is 4. The summed E-state index contributed by atoms with van der Waals surface area (Å²) in [6.07, 6.45) is 5.56. The van der Waals surface area contributed by atoms with Gasteiger partial charge in [-0.25, -0.2) is 9.78 Å². The van der Waals surface area contributed by atoms with Crippen LogP contribution in [-0.4, -0.2) is 28.0 Å². The van der Waals surface area contributed by atoms with E-state index in [4.69, 9.17) is 0 Å². The van der Waals surface area contributed by atoms with Crippen molar-refractivity contribution in [1.82, 2.24) is 15.0 Å². The highest BCUT2D eigenvalue weighted by atomic mass is 16.5. The molecule has 0 aliphatic rings. The van der Waals surface area contributed by atoms with Gasteiger partial charge in [0.05, 0.1) is 13.3 Å². The van der Waals surface area contributed by atoms with Crippen LogP contribution < -0.4 is 0 Å². The third-order valence-electron chi connectivity index (χ3n) is 2.15. The van der Waals surface area contributed by atoms with E-state index >= 15 is 0 Å². The van der Waals surface area contributed by atoms with Crippen molar-refractivity contribution < 1.29 is 9.53 Å². The molecule has 0 spiro atoms. The summed E-state index contributed by atoms with van der Waals surface area (Å²) < 4.78 is 4.58. The van der Waals surface area contributed by atoms with Crippen molar-refractivity contribution in [1.29, 1.82) is 0 Å². The molecule has 0 radical (unpaired) electrons. The maximum atomic E-state index is 11.2. The number of esters is 1. The third kappa shape index (κ3) is 2.25. The van der Waals surface area contributed by atoms with Crippen LogP contribution in [0, 0.1) is 0 Å². The van der Waals surface area contributed by atoms with E-state index in [0.717, 1.165) is 11.4 Å². The number of aromatic nitrogens is 3. The maximum absolute atomic E-state index is 11.2. The largest absolute Gasteiger partial charge is 0.464 e. The van der Waals surface area contributed by atoms with Gasteiger partial charge in [0.2, 0.25) is 0 Å². The van der Waals surface area contributed by atoms with E-state index in [-0.39, 0.29) is 0 Å². The Bertz CT molecular complexity index is 479. The second kappa shape index (κ2) is 4.57. The van der Waals surface area contributed by atoms with Gasteiger partial charge in [-0.1, -0.05) is 0 Å². The molecule has 0 aliphatic carbocycles. The van der Waals surface area contributed by atoms with Gasteiger partial charge in [-0.2, -0.15) is 0 Å². The van der Waals surface area contributed by atoms with Crippen LogP contribution in [-0.2, 0) is 11.2 Å². The Labute approximate surface area is 92.5 Å². The number of ether oxygens (including phenoxy) is 1. The Morgan fingerprint density at radius 2 is 2.19 bits per heavy atom. The minimum absolute atomic E-state index is 0.367. The lowest BCUT2D eigenvalue weighted by atomic mass is 10.2. The third-order valence-corrected chi connectivity index (χ3v) is 2.15. The van der Waals surface area contributed by atoms with Crippen molar-refractivity contribution in [2.75, 3.05) is 7.11 Å². The number of pyridine rings is 1. The Kier molecular flexibility index (Phi) is 2.95. The van der Waals surface area contributed by atoms with Crippen LogP contribution in [0.1, 0.15) is 21.9 Å². The summed E-state index contributed by atoms with van der Waals surface area (Å²) >= 11 is 0. The monoisotopic (exact) mass is 217 g/mol. The molecule has 5 heteroatoms. The van der Waals surface area contributed by atoms with Crippen LogP contribution in [0.3, 0.4) is 0 Å². The van der Waals surface area contributed by atoms with Gasteiger partial charge in [0.1, 0.15) is 11.5 Å². The van der Waals surface area contributed by atoms with Gasteiger partial charge in [0, 0.05) is 18.8 Å². The van der Waals surface area contributed by atoms with Crippen LogP contribution in [0.15, 0.2) is 30.7 Å². The predicted molar refractivity (Wildman–Crippen MR) is 57.0 cm³/mol. The van der Waals surface area contributed by atoms with Gasteiger partial charge in [-0.3, -0.25) is 4.98 Å².